The van der Waals surface area contributed by atoms with Crippen LogP contribution in [0.4, 0.5) is 13.2 Å². The Morgan fingerprint density at radius 1 is 1.20 bits per heavy atom. The Kier molecular flexibility index (Phi) is 4.62. The lowest BCUT2D eigenvalue weighted by Crippen LogP contribution is -2.38. The summed E-state index contributed by atoms with van der Waals surface area (Å²) in [7, 11) is 0. The van der Waals surface area contributed by atoms with Gasteiger partial charge >= 0.3 is 6.18 Å². The molecule has 0 spiro atoms. The molecule has 2 aliphatic rings. The van der Waals surface area contributed by atoms with Crippen LogP contribution in [-0.4, -0.2) is 30.3 Å². The first-order chi connectivity index (χ1) is 9.36. The Labute approximate surface area is 116 Å². The third-order valence-electron chi connectivity index (χ3n) is 4.80. The van der Waals surface area contributed by atoms with Gasteiger partial charge < -0.3 is 10.4 Å². The second kappa shape index (κ2) is 5.92. The number of carbonyl (C=O) groups is 1. The second-order valence-corrected chi connectivity index (χ2v) is 6.28. The van der Waals surface area contributed by atoms with Crippen molar-refractivity contribution in [1.29, 1.82) is 0 Å². The number of hydrogen-bond acceptors (Lipinski definition) is 2. The van der Waals surface area contributed by atoms with Crippen molar-refractivity contribution in [2.45, 2.75) is 51.1 Å². The van der Waals surface area contributed by atoms with E-state index in [9.17, 15) is 18.0 Å². The summed E-state index contributed by atoms with van der Waals surface area (Å²) in [5.41, 5.74) is 0.0492. The first-order valence-electron chi connectivity index (χ1n) is 7.32. The maximum Gasteiger partial charge on any atom is 0.391 e. The molecular weight excluding hydrogens is 271 g/mol. The van der Waals surface area contributed by atoms with E-state index in [4.69, 9.17) is 5.11 Å². The van der Waals surface area contributed by atoms with Gasteiger partial charge in [0.1, 0.15) is 0 Å². The predicted molar refractivity (Wildman–Crippen MR) is 67.9 cm³/mol. The Morgan fingerprint density at radius 3 is 2.25 bits per heavy atom. The van der Waals surface area contributed by atoms with Gasteiger partial charge in [-0.2, -0.15) is 13.2 Å². The summed E-state index contributed by atoms with van der Waals surface area (Å²) in [6.07, 6.45) is -0.656. The van der Waals surface area contributed by atoms with E-state index < -0.39 is 12.1 Å². The number of hydrogen-bond donors (Lipinski definition) is 2. The Bertz CT molecular complexity index is 345. The third kappa shape index (κ3) is 3.87. The highest BCUT2D eigenvalue weighted by atomic mass is 19.4. The first kappa shape index (κ1) is 15.6. The topological polar surface area (TPSA) is 49.3 Å². The molecule has 2 saturated carbocycles. The zero-order valence-corrected chi connectivity index (χ0v) is 11.5. The third-order valence-corrected chi connectivity index (χ3v) is 4.80. The van der Waals surface area contributed by atoms with Gasteiger partial charge in [0.05, 0.1) is 5.92 Å². The molecule has 2 N–H and O–H groups in total. The van der Waals surface area contributed by atoms with Crippen molar-refractivity contribution in [2.24, 2.45) is 17.3 Å². The van der Waals surface area contributed by atoms with Crippen LogP contribution in [0.5, 0.6) is 0 Å². The van der Waals surface area contributed by atoms with Crippen LogP contribution in [0, 0.1) is 17.3 Å². The summed E-state index contributed by atoms with van der Waals surface area (Å²) >= 11 is 0. The number of aliphatic hydroxyl groups excluding tert-OH is 1. The van der Waals surface area contributed by atoms with E-state index in [2.05, 4.69) is 5.32 Å². The molecule has 2 aliphatic carbocycles. The van der Waals surface area contributed by atoms with Gasteiger partial charge in [0.25, 0.3) is 0 Å². The van der Waals surface area contributed by atoms with Crippen molar-refractivity contribution < 1.29 is 23.1 Å². The minimum Gasteiger partial charge on any atom is -0.396 e. The fourth-order valence-corrected chi connectivity index (χ4v) is 3.03. The van der Waals surface area contributed by atoms with Crippen molar-refractivity contribution in [3.63, 3.8) is 0 Å². The maximum atomic E-state index is 12.5. The maximum absolute atomic E-state index is 12.5. The van der Waals surface area contributed by atoms with Gasteiger partial charge in [-0.05, 0) is 50.4 Å². The molecule has 3 nitrogen and oxygen atoms in total. The standard InChI is InChI=1S/C14H22F3NO2/c15-14(16,17)11-3-1-10(2-4-11)12(20)18-9-13(5-6-13)7-8-19/h10-11,19H,1-9H2,(H,18,20). The van der Waals surface area contributed by atoms with Crippen molar-refractivity contribution >= 4 is 5.91 Å². The van der Waals surface area contributed by atoms with E-state index in [-0.39, 0.29) is 36.7 Å². The number of halogens is 3. The molecular formula is C14H22F3NO2. The van der Waals surface area contributed by atoms with Gasteiger partial charge in [-0.15, -0.1) is 0 Å². The highest BCUT2D eigenvalue weighted by Crippen LogP contribution is 2.48. The van der Waals surface area contributed by atoms with E-state index in [1.807, 2.05) is 0 Å². The van der Waals surface area contributed by atoms with Crippen LogP contribution in [-0.2, 0) is 4.79 Å². The minimum absolute atomic E-state index is 0.0492. The molecule has 20 heavy (non-hydrogen) atoms. The summed E-state index contributed by atoms with van der Waals surface area (Å²) in [5.74, 6) is -1.64. The molecule has 0 aliphatic heterocycles. The molecule has 1 amide bonds. The van der Waals surface area contributed by atoms with Gasteiger partial charge in [0.2, 0.25) is 5.91 Å². The smallest absolute Gasteiger partial charge is 0.391 e. The van der Waals surface area contributed by atoms with Crippen LogP contribution in [0.1, 0.15) is 44.9 Å². The van der Waals surface area contributed by atoms with E-state index in [0.717, 1.165) is 12.8 Å². The molecule has 0 atom stereocenters. The molecule has 0 heterocycles. The van der Waals surface area contributed by atoms with Crippen LogP contribution >= 0.6 is 0 Å². The SMILES string of the molecule is O=C(NCC1(CCO)CC1)C1CCC(C(F)(F)F)CC1. The van der Waals surface area contributed by atoms with Gasteiger partial charge in [-0.3, -0.25) is 4.79 Å². The number of amides is 1. The summed E-state index contributed by atoms with van der Waals surface area (Å²) < 4.78 is 37.6. The van der Waals surface area contributed by atoms with E-state index in [1.165, 1.54) is 0 Å². The minimum atomic E-state index is -4.12. The van der Waals surface area contributed by atoms with Gasteiger partial charge in [0, 0.05) is 19.1 Å². The Hall–Kier alpha value is -0.780. The largest absolute Gasteiger partial charge is 0.396 e. The number of nitrogens with one attached hydrogen (secondary N) is 1. The molecule has 0 saturated heterocycles. The molecule has 0 aromatic heterocycles. The molecule has 116 valence electrons. The molecule has 0 bridgehead atoms. The van der Waals surface area contributed by atoms with E-state index >= 15 is 0 Å². The van der Waals surface area contributed by atoms with Crippen LogP contribution in [0.2, 0.25) is 0 Å². The monoisotopic (exact) mass is 293 g/mol. The van der Waals surface area contributed by atoms with Crippen molar-refractivity contribution in [1.82, 2.24) is 5.32 Å². The lowest BCUT2D eigenvalue weighted by Gasteiger charge is -2.29. The average molecular weight is 293 g/mol. The average Bonchev–Trinajstić information content (AvgIpc) is 3.16. The summed E-state index contributed by atoms with van der Waals surface area (Å²) in [5, 5.41) is 11.8. The fourth-order valence-electron chi connectivity index (χ4n) is 3.03. The quantitative estimate of drug-likeness (QED) is 0.818. The Morgan fingerprint density at radius 2 is 1.80 bits per heavy atom. The molecule has 6 heteroatoms. The predicted octanol–water partition coefficient (Wildman–Crippen LogP) is 2.63. The lowest BCUT2D eigenvalue weighted by atomic mass is 9.81. The van der Waals surface area contributed by atoms with Crippen molar-refractivity contribution in [3.05, 3.63) is 0 Å². The summed E-state index contributed by atoms with van der Waals surface area (Å²) in [6.45, 7) is 0.665. The number of rotatable bonds is 5. The van der Waals surface area contributed by atoms with Gasteiger partial charge in [0.15, 0.2) is 0 Å². The van der Waals surface area contributed by atoms with Crippen molar-refractivity contribution in [3.8, 4) is 0 Å². The highest BCUT2D eigenvalue weighted by molar-refractivity contribution is 5.78. The zero-order chi connectivity index (χ0) is 14.8. The summed E-state index contributed by atoms with van der Waals surface area (Å²) in [4.78, 5) is 12.0. The first-order valence-corrected chi connectivity index (χ1v) is 7.32. The molecule has 0 unspecified atom stereocenters. The number of carbonyl (C=O) groups excluding carboxylic acids is 1. The van der Waals surface area contributed by atoms with E-state index in [0.29, 0.717) is 25.8 Å². The molecule has 0 radical (unpaired) electrons. The Balaban J connectivity index is 1.72. The van der Waals surface area contributed by atoms with E-state index in [1.54, 1.807) is 0 Å². The van der Waals surface area contributed by atoms with Crippen molar-refractivity contribution in [2.75, 3.05) is 13.2 Å². The fraction of sp³-hybridized carbons (Fsp3) is 0.929. The highest BCUT2D eigenvalue weighted by Gasteiger charge is 2.44. The van der Waals surface area contributed by atoms with Gasteiger partial charge in [-0.1, -0.05) is 0 Å². The van der Waals surface area contributed by atoms with Gasteiger partial charge in [-0.25, -0.2) is 0 Å². The van der Waals surface area contributed by atoms with Crippen LogP contribution in [0.25, 0.3) is 0 Å². The molecule has 0 aromatic rings. The lowest BCUT2D eigenvalue weighted by molar-refractivity contribution is -0.184. The summed E-state index contributed by atoms with van der Waals surface area (Å²) in [6, 6.07) is 0. The van der Waals surface area contributed by atoms with Crippen LogP contribution in [0.15, 0.2) is 0 Å². The number of alkyl halides is 3. The van der Waals surface area contributed by atoms with Crippen LogP contribution < -0.4 is 5.32 Å². The molecule has 2 fully saturated rings. The molecule has 0 aromatic carbocycles. The zero-order valence-electron chi connectivity index (χ0n) is 11.5. The second-order valence-electron chi connectivity index (χ2n) is 6.28. The normalized spacial score (nSPS) is 29.0. The number of aliphatic hydroxyl groups is 1. The molecule has 2 rings (SSSR count). The van der Waals surface area contributed by atoms with Crippen LogP contribution in [0.3, 0.4) is 0 Å².